The van der Waals surface area contributed by atoms with E-state index in [0.717, 1.165) is 0 Å². The Morgan fingerprint density at radius 1 is 1.16 bits per heavy atom. The van der Waals surface area contributed by atoms with E-state index in [1.54, 1.807) is 33.5 Å². The van der Waals surface area contributed by atoms with Gasteiger partial charge in [-0.3, -0.25) is 0 Å². The molecule has 0 bridgehead atoms. The minimum absolute atomic E-state index is 0.274. The topological polar surface area (TPSA) is 92.6 Å². The molecule has 0 aliphatic heterocycles. The van der Waals surface area contributed by atoms with Gasteiger partial charge in [0.25, 0.3) is 5.89 Å². The maximum absolute atomic E-state index is 5.94. The molecule has 1 aromatic heterocycles. The Kier molecular flexibility index (Phi) is 3.86. The number of nitrogen functional groups attached to an aromatic ring is 1. The van der Waals surface area contributed by atoms with Gasteiger partial charge in [-0.2, -0.15) is 4.98 Å². The van der Waals surface area contributed by atoms with Crippen molar-refractivity contribution in [2.75, 3.05) is 27.1 Å². The normalized spacial score (nSPS) is 10.5. The summed E-state index contributed by atoms with van der Waals surface area (Å²) in [5.41, 5.74) is 6.99. The molecule has 102 valence electrons. The SMILES string of the molecule is COCc1noc(-c2cc(OC)c(OC)cc2N)n1. The van der Waals surface area contributed by atoms with Crippen molar-refractivity contribution in [1.82, 2.24) is 10.1 Å². The lowest BCUT2D eigenvalue weighted by Gasteiger charge is -2.10. The van der Waals surface area contributed by atoms with E-state index < -0.39 is 0 Å². The first-order valence-electron chi connectivity index (χ1n) is 5.53. The van der Waals surface area contributed by atoms with Crippen molar-refractivity contribution in [3.8, 4) is 23.0 Å². The Bertz CT molecular complexity index is 568. The van der Waals surface area contributed by atoms with Crippen LogP contribution in [0.2, 0.25) is 0 Å². The van der Waals surface area contributed by atoms with Crippen molar-refractivity contribution >= 4 is 5.69 Å². The van der Waals surface area contributed by atoms with Crippen molar-refractivity contribution in [1.29, 1.82) is 0 Å². The average Bonchev–Trinajstić information content (AvgIpc) is 2.87. The standard InChI is InChI=1S/C12H15N3O4/c1-16-6-11-14-12(19-15-11)7-4-9(17-2)10(18-3)5-8(7)13/h4-5H,6,13H2,1-3H3. The number of nitrogens with zero attached hydrogens (tertiary/aromatic N) is 2. The lowest BCUT2D eigenvalue weighted by atomic mass is 10.1. The molecule has 0 radical (unpaired) electrons. The summed E-state index contributed by atoms with van der Waals surface area (Å²) in [6.07, 6.45) is 0. The second kappa shape index (κ2) is 5.57. The van der Waals surface area contributed by atoms with Crippen LogP contribution in [0.25, 0.3) is 11.5 Å². The Hall–Kier alpha value is -2.28. The number of ether oxygens (including phenoxy) is 3. The van der Waals surface area contributed by atoms with Gasteiger partial charge >= 0.3 is 0 Å². The second-order valence-corrected chi connectivity index (χ2v) is 3.74. The van der Waals surface area contributed by atoms with Crippen molar-refractivity contribution in [2.24, 2.45) is 0 Å². The second-order valence-electron chi connectivity index (χ2n) is 3.74. The molecule has 19 heavy (non-hydrogen) atoms. The highest BCUT2D eigenvalue weighted by atomic mass is 16.5. The Morgan fingerprint density at radius 2 is 1.84 bits per heavy atom. The molecule has 2 rings (SSSR count). The van der Waals surface area contributed by atoms with Crippen LogP contribution in [0.3, 0.4) is 0 Å². The van der Waals surface area contributed by atoms with Crippen LogP contribution >= 0.6 is 0 Å². The van der Waals surface area contributed by atoms with E-state index >= 15 is 0 Å². The minimum Gasteiger partial charge on any atom is -0.493 e. The van der Waals surface area contributed by atoms with Crippen LogP contribution in [0.1, 0.15) is 5.82 Å². The Balaban J connectivity index is 2.42. The highest BCUT2D eigenvalue weighted by Gasteiger charge is 2.16. The Morgan fingerprint density at radius 3 is 2.47 bits per heavy atom. The molecule has 0 amide bonds. The fourth-order valence-electron chi connectivity index (χ4n) is 1.63. The molecule has 0 saturated carbocycles. The van der Waals surface area contributed by atoms with Crippen molar-refractivity contribution < 1.29 is 18.7 Å². The van der Waals surface area contributed by atoms with Crippen LogP contribution in [0, 0.1) is 0 Å². The molecule has 7 heteroatoms. The number of methoxy groups -OCH3 is 3. The van der Waals surface area contributed by atoms with E-state index in [4.69, 9.17) is 24.5 Å². The number of hydrogen-bond donors (Lipinski definition) is 1. The zero-order chi connectivity index (χ0) is 13.8. The third kappa shape index (κ3) is 2.60. The van der Waals surface area contributed by atoms with Gasteiger partial charge in [0.15, 0.2) is 17.3 Å². The molecule has 0 aliphatic rings. The van der Waals surface area contributed by atoms with Gasteiger partial charge in [0.05, 0.1) is 19.8 Å². The molecular formula is C12H15N3O4. The zero-order valence-electron chi connectivity index (χ0n) is 11.0. The molecule has 1 heterocycles. The molecule has 0 unspecified atom stereocenters. The number of anilines is 1. The quantitative estimate of drug-likeness (QED) is 0.818. The van der Waals surface area contributed by atoms with Gasteiger partial charge in [-0.25, -0.2) is 0 Å². The zero-order valence-corrected chi connectivity index (χ0v) is 11.0. The molecule has 7 nitrogen and oxygen atoms in total. The van der Waals surface area contributed by atoms with Crippen LogP contribution in [-0.4, -0.2) is 31.5 Å². The van der Waals surface area contributed by atoms with E-state index in [1.807, 2.05) is 0 Å². The summed E-state index contributed by atoms with van der Waals surface area (Å²) >= 11 is 0. The van der Waals surface area contributed by atoms with Crippen LogP contribution in [0.5, 0.6) is 11.5 Å². The highest BCUT2D eigenvalue weighted by Crippen LogP contribution is 2.36. The molecular weight excluding hydrogens is 250 g/mol. The first kappa shape index (κ1) is 13.2. The number of hydrogen-bond acceptors (Lipinski definition) is 7. The third-order valence-electron chi connectivity index (χ3n) is 2.53. The molecule has 1 aromatic carbocycles. The monoisotopic (exact) mass is 265 g/mol. The van der Waals surface area contributed by atoms with Crippen LogP contribution < -0.4 is 15.2 Å². The van der Waals surface area contributed by atoms with Crippen LogP contribution in [0.15, 0.2) is 16.7 Å². The first-order valence-corrected chi connectivity index (χ1v) is 5.53. The predicted molar refractivity (Wildman–Crippen MR) is 68.0 cm³/mol. The number of aromatic nitrogens is 2. The maximum Gasteiger partial charge on any atom is 0.260 e. The van der Waals surface area contributed by atoms with Gasteiger partial charge in [-0.1, -0.05) is 5.16 Å². The summed E-state index contributed by atoms with van der Waals surface area (Å²) in [6, 6.07) is 3.34. The molecule has 0 aliphatic carbocycles. The van der Waals surface area contributed by atoms with E-state index in [9.17, 15) is 0 Å². The fraction of sp³-hybridized carbons (Fsp3) is 0.333. The van der Waals surface area contributed by atoms with Gasteiger partial charge < -0.3 is 24.5 Å². The van der Waals surface area contributed by atoms with E-state index in [1.165, 1.54) is 0 Å². The van der Waals surface area contributed by atoms with Gasteiger partial charge in [0.2, 0.25) is 0 Å². The van der Waals surface area contributed by atoms with Crippen LogP contribution in [-0.2, 0) is 11.3 Å². The van der Waals surface area contributed by atoms with E-state index in [0.29, 0.717) is 34.5 Å². The summed E-state index contributed by atoms with van der Waals surface area (Å²) in [6.45, 7) is 0.274. The third-order valence-corrected chi connectivity index (χ3v) is 2.53. The maximum atomic E-state index is 5.94. The lowest BCUT2D eigenvalue weighted by Crippen LogP contribution is -1.96. The molecule has 0 fully saturated rings. The Labute approximate surface area is 110 Å². The minimum atomic E-state index is 0.274. The van der Waals surface area contributed by atoms with E-state index in [2.05, 4.69) is 10.1 Å². The largest absolute Gasteiger partial charge is 0.493 e. The summed E-state index contributed by atoms with van der Waals surface area (Å²) < 4.78 is 20.4. The first-order chi connectivity index (χ1) is 9.19. The molecule has 2 aromatic rings. The predicted octanol–water partition coefficient (Wildman–Crippen LogP) is 1.48. The lowest BCUT2D eigenvalue weighted by molar-refractivity contribution is 0.174. The van der Waals surface area contributed by atoms with Crippen molar-refractivity contribution in [2.45, 2.75) is 6.61 Å². The van der Waals surface area contributed by atoms with Crippen LogP contribution in [0.4, 0.5) is 5.69 Å². The number of rotatable bonds is 5. The summed E-state index contributed by atoms with van der Waals surface area (Å²) in [5, 5.41) is 3.78. The fourth-order valence-corrected chi connectivity index (χ4v) is 1.63. The highest BCUT2D eigenvalue weighted by molar-refractivity contribution is 5.75. The van der Waals surface area contributed by atoms with E-state index in [-0.39, 0.29) is 6.61 Å². The van der Waals surface area contributed by atoms with Gasteiger partial charge in [-0.15, -0.1) is 0 Å². The van der Waals surface area contributed by atoms with Gasteiger partial charge in [0.1, 0.15) is 6.61 Å². The summed E-state index contributed by atoms with van der Waals surface area (Å²) in [5.74, 6) is 1.84. The molecule has 0 saturated heterocycles. The molecule has 0 spiro atoms. The van der Waals surface area contributed by atoms with Gasteiger partial charge in [0, 0.05) is 18.9 Å². The summed E-state index contributed by atoms with van der Waals surface area (Å²) in [4.78, 5) is 4.18. The number of nitrogens with two attached hydrogens (primary N) is 1. The average molecular weight is 265 g/mol. The molecule has 0 atom stereocenters. The van der Waals surface area contributed by atoms with Crippen molar-refractivity contribution in [3.63, 3.8) is 0 Å². The smallest absolute Gasteiger partial charge is 0.260 e. The van der Waals surface area contributed by atoms with Gasteiger partial charge in [-0.05, 0) is 6.07 Å². The van der Waals surface area contributed by atoms with Crippen molar-refractivity contribution in [3.05, 3.63) is 18.0 Å². The summed E-state index contributed by atoms with van der Waals surface area (Å²) in [7, 11) is 4.64. The molecule has 2 N–H and O–H groups in total. The number of benzene rings is 1.